The summed E-state index contributed by atoms with van der Waals surface area (Å²) in [7, 11) is 1.52. The molecule has 2 nitrogen and oxygen atoms in total. The molecule has 1 aromatic rings. The van der Waals surface area contributed by atoms with Crippen molar-refractivity contribution in [1.82, 2.24) is 0 Å². The lowest BCUT2D eigenvalue weighted by Gasteiger charge is -2.25. The topological polar surface area (TPSA) is 35.2 Å². The largest absolute Gasteiger partial charge is 0.380 e. The summed E-state index contributed by atoms with van der Waals surface area (Å²) < 4.78 is 32.3. The van der Waals surface area contributed by atoms with Crippen LogP contribution in [0.15, 0.2) is 12.1 Å². The molecule has 94 valence electrons. The van der Waals surface area contributed by atoms with E-state index in [2.05, 4.69) is 0 Å². The predicted octanol–water partition coefficient (Wildman–Crippen LogP) is 2.84. The predicted molar refractivity (Wildman–Crippen MR) is 61.4 cm³/mol. The smallest absolute Gasteiger partial charge is 0.163 e. The molecule has 4 heteroatoms. The van der Waals surface area contributed by atoms with E-state index in [9.17, 15) is 8.78 Å². The first-order chi connectivity index (χ1) is 8.07. The summed E-state index contributed by atoms with van der Waals surface area (Å²) in [5.41, 5.74) is 6.37. The monoisotopic (exact) mass is 241 g/mol. The van der Waals surface area contributed by atoms with Crippen LogP contribution in [0.1, 0.15) is 36.8 Å². The molecule has 0 atom stereocenters. The Morgan fingerprint density at radius 1 is 1.29 bits per heavy atom. The van der Waals surface area contributed by atoms with Crippen molar-refractivity contribution in [3.05, 3.63) is 34.9 Å². The van der Waals surface area contributed by atoms with Gasteiger partial charge in [0.15, 0.2) is 11.6 Å². The number of methoxy groups -OCH3 is 1. The fraction of sp³-hybridized carbons (Fsp3) is 0.538. The quantitative estimate of drug-likeness (QED) is 0.883. The van der Waals surface area contributed by atoms with Crippen LogP contribution < -0.4 is 5.73 Å². The summed E-state index contributed by atoms with van der Waals surface area (Å²) in [6.07, 6.45) is 3.34. The van der Waals surface area contributed by atoms with E-state index in [1.54, 1.807) is 6.07 Å². The van der Waals surface area contributed by atoms with Crippen molar-refractivity contribution < 1.29 is 13.5 Å². The number of benzene rings is 1. The Labute approximate surface area is 99.8 Å². The van der Waals surface area contributed by atoms with Gasteiger partial charge in [0, 0.05) is 18.2 Å². The second kappa shape index (κ2) is 4.70. The van der Waals surface area contributed by atoms with Crippen LogP contribution >= 0.6 is 0 Å². The Bertz CT molecular complexity index is 414. The molecule has 2 N–H and O–H groups in total. The van der Waals surface area contributed by atoms with Crippen molar-refractivity contribution in [1.29, 1.82) is 0 Å². The van der Waals surface area contributed by atoms with E-state index in [0.29, 0.717) is 24.0 Å². The van der Waals surface area contributed by atoms with Gasteiger partial charge < -0.3 is 10.5 Å². The number of rotatable bonds is 3. The van der Waals surface area contributed by atoms with Gasteiger partial charge in [-0.15, -0.1) is 0 Å². The molecule has 0 unspecified atom stereocenters. The van der Waals surface area contributed by atoms with E-state index in [-0.39, 0.29) is 6.61 Å². The molecule has 0 heterocycles. The number of hydrogen-bond donors (Lipinski definition) is 1. The normalized spacial score (nSPS) is 18.6. The first kappa shape index (κ1) is 12.5. The Balaban J connectivity index is 2.44. The minimum absolute atomic E-state index is 0.264. The van der Waals surface area contributed by atoms with Crippen molar-refractivity contribution in [3.8, 4) is 0 Å². The van der Waals surface area contributed by atoms with Crippen molar-refractivity contribution in [2.75, 3.05) is 7.11 Å². The van der Waals surface area contributed by atoms with Gasteiger partial charge in [-0.1, -0.05) is 12.8 Å². The SMILES string of the molecule is COCc1cc(F)c(F)c(C2(N)CCCC2)c1. The average Bonchev–Trinajstić information content (AvgIpc) is 2.72. The van der Waals surface area contributed by atoms with Gasteiger partial charge in [0.2, 0.25) is 0 Å². The first-order valence-electron chi connectivity index (χ1n) is 5.83. The molecule has 1 aliphatic rings. The van der Waals surface area contributed by atoms with Gasteiger partial charge in [-0.05, 0) is 30.5 Å². The molecular weight excluding hydrogens is 224 g/mol. The van der Waals surface area contributed by atoms with Gasteiger partial charge >= 0.3 is 0 Å². The average molecular weight is 241 g/mol. The molecule has 0 spiro atoms. The third-order valence-electron chi connectivity index (χ3n) is 3.43. The van der Waals surface area contributed by atoms with E-state index in [1.807, 2.05) is 0 Å². The molecule has 1 aliphatic carbocycles. The highest BCUT2D eigenvalue weighted by molar-refractivity contribution is 5.32. The van der Waals surface area contributed by atoms with E-state index in [0.717, 1.165) is 12.8 Å². The third-order valence-corrected chi connectivity index (χ3v) is 3.43. The maximum absolute atomic E-state index is 13.8. The summed E-state index contributed by atoms with van der Waals surface area (Å²) in [5, 5.41) is 0. The zero-order chi connectivity index (χ0) is 12.5. The Morgan fingerprint density at radius 3 is 2.53 bits per heavy atom. The Morgan fingerprint density at radius 2 is 1.94 bits per heavy atom. The minimum Gasteiger partial charge on any atom is -0.380 e. The van der Waals surface area contributed by atoms with Crippen molar-refractivity contribution in [3.63, 3.8) is 0 Å². The van der Waals surface area contributed by atoms with Crippen molar-refractivity contribution >= 4 is 0 Å². The summed E-state index contributed by atoms with van der Waals surface area (Å²) >= 11 is 0. The van der Waals surface area contributed by atoms with Crippen LogP contribution in [0.5, 0.6) is 0 Å². The van der Waals surface area contributed by atoms with Gasteiger partial charge in [0.05, 0.1) is 6.61 Å². The zero-order valence-corrected chi connectivity index (χ0v) is 9.93. The summed E-state index contributed by atoms with van der Waals surface area (Å²) in [6.45, 7) is 0.264. The molecule has 0 bridgehead atoms. The maximum Gasteiger partial charge on any atom is 0.163 e. The number of halogens is 2. The summed E-state index contributed by atoms with van der Waals surface area (Å²) in [5.74, 6) is -1.65. The van der Waals surface area contributed by atoms with Crippen LogP contribution in [0.3, 0.4) is 0 Å². The standard InChI is InChI=1S/C13H17F2NO/c1-17-8-9-6-10(12(15)11(14)7-9)13(16)4-2-3-5-13/h6-7H,2-5,8,16H2,1H3. The number of nitrogens with two attached hydrogens (primary N) is 1. The Kier molecular flexibility index (Phi) is 3.45. The maximum atomic E-state index is 13.8. The van der Waals surface area contributed by atoms with Crippen molar-refractivity contribution in [2.45, 2.75) is 37.8 Å². The van der Waals surface area contributed by atoms with E-state index in [4.69, 9.17) is 10.5 Å². The molecule has 1 aromatic carbocycles. The summed E-state index contributed by atoms with van der Waals surface area (Å²) in [4.78, 5) is 0. The molecule has 1 fully saturated rings. The van der Waals surface area contributed by atoms with Crippen LogP contribution in [0.25, 0.3) is 0 Å². The lowest BCUT2D eigenvalue weighted by Crippen LogP contribution is -2.34. The molecule has 0 saturated heterocycles. The van der Waals surface area contributed by atoms with Gasteiger partial charge in [0.25, 0.3) is 0 Å². The second-order valence-corrected chi connectivity index (χ2v) is 4.74. The van der Waals surface area contributed by atoms with E-state index in [1.165, 1.54) is 13.2 Å². The molecular formula is C13H17F2NO. The van der Waals surface area contributed by atoms with Gasteiger partial charge in [0.1, 0.15) is 0 Å². The highest BCUT2D eigenvalue weighted by atomic mass is 19.2. The molecule has 0 radical (unpaired) electrons. The molecule has 17 heavy (non-hydrogen) atoms. The molecule has 0 amide bonds. The van der Waals surface area contributed by atoms with E-state index >= 15 is 0 Å². The lowest BCUT2D eigenvalue weighted by atomic mass is 9.88. The zero-order valence-electron chi connectivity index (χ0n) is 9.93. The van der Waals surface area contributed by atoms with Crippen LogP contribution in [0.4, 0.5) is 8.78 Å². The number of ether oxygens (including phenoxy) is 1. The molecule has 1 saturated carbocycles. The van der Waals surface area contributed by atoms with Gasteiger partial charge in [-0.3, -0.25) is 0 Å². The van der Waals surface area contributed by atoms with E-state index < -0.39 is 17.2 Å². The molecule has 2 rings (SSSR count). The van der Waals surface area contributed by atoms with Crippen LogP contribution in [0, 0.1) is 11.6 Å². The summed E-state index contributed by atoms with van der Waals surface area (Å²) in [6, 6.07) is 2.80. The van der Waals surface area contributed by atoms with Crippen LogP contribution in [0.2, 0.25) is 0 Å². The molecule has 0 aromatic heterocycles. The number of hydrogen-bond acceptors (Lipinski definition) is 2. The highest BCUT2D eigenvalue weighted by Crippen LogP contribution is 2.38. The highest BCUT2D eigenvalue weighted by Gasteiger charge is 2.34. The van der Waals surface area contributed by atoms with Gasteiger partial charge in [-0.25, -0.2) is 8.78 Å². The van der Waals surface area contributed by atoms with Gasteiger partial charge in [-0.2, -0.15) is 0 Å². The lowest BCUT2D eigenvalue weighted by molar-refractivity contribution is 0.184. The third kappa shape index (κ3) is 2.33. The van der Waals surface area contributed by atoms with Crippen molar-refractivity contribution in [2.24, 2.45) is 5.73 Å². The van der Waals surface area contributed by atoms with Crippen LogP contribution in [-0.2, 0) is 16.9 Å². The fourth-order valence-corrected chi connectivity index (χ4v) is 2.53. The minimum atomic E-state index is -0.841. The fourth-order valence-electron chi connectivity index (χ4n) is 2.53. The first-order valence-corrected chi connectivity index (χ1v) is 5.83. The Hall–Kier alpha value is -1.00. The van der Waals surface area contributed by atoms with Crippen LogP contribution in [-0.4, -0.2) is 7.11 Å². The second-order valence-electron chi connectivity index (χ2n) is 4.74. The molecule has 0 aliphatic heterocycles.